The fourth-order valence-corrected chi connectivity index (χ4v) is 4.29. The van der Waals surface area contributed by atoms with Gasteiger partial charge in [0, 0.05) is 24.8 Å². The normalized spacial score (nSPS) is 12.7. The van der Waals surface area contributed by atoms with Gasteiger partial charge in [0.2, 0.25) is 0 Å². The second kappa shape index (κ2) is 9.32. The summed E-state index contributed by atoms with van der Waals surface area (Å²) in [7, 11) is 0. The summed E-state index contributed by atoms with van der Waals surface area (Å²) >= 11 is 6.53. The number of nitrogens with zero attached hydrogens (tertiary/aromatic N) is 6. The van der Waals surface area contributed by atoms with Crippen LogP contribution in [0.2, 0.25) is 5.02 Å². The van der Waals surface area contributed by atoms with Gasteiger partial charge in [0.05, 0.1) is 51.0 Å². The Morgan fingerprint density at radius 1 is 1.11 bits per heavy atom. The predicted octanol–water partition coefficient (Wildman–Crippen LogP) is 5.33. The van der Waals surface area contributed by atoms with E-state index in [2.05, 4.69) is 19.9 Å². The van der Waals surface area contributed by atoms with E-state index in [4.69, 9.17) is 17.3 Å². The topological polar surface area (TPSA) is 102 Å². The number of amides is 1. The smallest absolute Gasteiger partial charge is 0.382 e. The number of pyridine rings is 1. The Labute approximate surface area is 213 Å². The molecule has 188 valence electrons. The molecule has 5 aromatic rings. The van der Waals surface area contributed by atoms with E-state index in [0.29, 0.717) is 28.2 Å². The minimum atomic E-state index is -4.52. The van der Waals surface area contributed by atoms with Gasteiger partial charge in [-0.2, -0.15) is 13.2 Å². The van der Waals surface area contributed by atoms with E-state index in [-0.39, 0.29) is 22.8 Å². The predicted molar refractivity (Wildman–Crippen MR) is 132 cm³/mol. The first kappa shape index (κ1) is 24.4. The Morgan fingerprint density at radius 3 is 2.54 bits per heavy atom. The fraction of sp³-hybridized carbons (Fsp3) is 0.160. The number of carbonyl (C=O) groups is 1. The molecule has 1 atom stereocenters. The Hall–Kier alpha value is -4.25. The molecule has 2 N–H and O–H groups in total. The van der Waals surface area contributed by atoms with Crippen LogP contribution in [0.4, 0.5) is 19.0 Å². The van der Waals surface area contributed by atoms with Gasteiger partial charge in [0.1, 0.15) is 11.6 Å². The van der Waals surface area contributed by atoms with E-state index >= 15 is 0 Å². The zero-order chi connectivity index (χ0) is 26.3. The van der Waals surface area contributed by atoms with Crippen LogP contribution in [0, 0.1) is 0 Å². The molecular formula is C25H19ClF3N7O. The SMILES string of the molecule is CC(c1ncccn1)N(Cc1ccc(C(F)(F)F)cn1)C(=O)c1cc2c(cc1Cl)nc(N)c1cccn12. The summed E-state index contributed by atoms with van der Waals surface area (Å²) in [5, 5.41) is 0.141. The van der Waals surface area contributed by atoms with Crippen molar-refractivity contribution in [2.75, 3.05) is 5.73 Å². The highest BCUT2D eigenvalue weighted by molar-refractivity contribution is 6.34. The molecule has 5 rings (SSSR count). The average Bonchev–Trinajstić information content (AvgIpc) is 3.38. The second-order valence-corrected chi connectivity index (χ2v) is 8.74. The summed E-state index contributed by atoms with van der Waals surface area (Å²) in [5.74, 6) is 0.185. The molecule has 0 saturated carbocycles. The lowest BCUT2D eigenvalue weighted by Gasteiger charge is -2.28. The molecule has 0 radical (unpaired) electrons. The third-order valence-corrected chi connectivity index (χ3v) is 6.29. The number of benzene rings is 1. The van der Waals surface area contributed by atoms with E-state index in [9.17, 15) is 18.0 Å². The number of carbonyl (C=O) groups excluding carboxylic acids is 1. The molecule has 12 heteroatoms. The zero-order valence-electron chi connectivity index (χ0n) is 19.3. The number of anilines is 1. The Morgan fingerprint density at radius 2 is 1.86 bits per heavy atom. The van der Waals surface area contributed by atoms with Gasteiger partial charge in [-0.05, 0) is 49.4 Å². The third-order valence-electron chi connectivity index (χ3n) is 5.98. The van der Waals surface area contributed by atoms with Crippen molar-refractivity contribution in [2.45, 2.75) is 25.7 Å². The maximum absolute atomic E-state index is 13.9. The molecule has 37 heavy (non-hydrogen) atoms. The lowest BCUT2D eigenvalue weighted by atomic mass is 10.1. The maximum atomic E-state index is 13.9. The quantitative estimate of drug-likeness (QED) is 0.333. The van der Waals surface area contributed by atoms with Crippen LogP contribution >= 0.6 is 11.6 Å². The number of nitrogen functional groups attached to an aromatic ring is 1. The van der Waals surface area contributed by atoms with Crippen LogP contribution in [0.5, 0.6) is 0 Å². The summed E-state index contributed by atoms with van der Waals surface area (Å²) in [4.78, 5) is 32.1. The first-order valence-electron chi connectivity index (χ1n) is 11.1. The number of alkyl halides is 3. The first-order valence-corrected chi connectivity index (χ1v) is 11.5. The summed E-state index contributed by atoms with van der Waals surface area (Å²) in [6, 6.07) is 9.93. The van der Waals surface area contributed by atoms with Crippen LogP contribution < -0.4 is 5.73 Å². The van der Waals surface area contributed by atoms with E-state index in [1.165, 1.54) is 11.0 Å². The zero-order valence-corrected chi connectivity index (χ0v) is 20.1. The van der Waals surface area contributed by atoms with E-state index in [1.54, 1.807) is 60.2 Å². The Bertz CT molecular complexity index is 1600. The lowest BCUT2D eigenvalue weighted by molar-refractivity contribution is -0.137. The molecule has 1 unspecified atom stereocenters. The summed E-state index contributed by atoms with van der Waals surface area (Å²) in [5.41, 5.74) is 7.37. The molecule has 0 aliphatic carbocycles. The van der Waals surface area contributed by atoms with Gasteiger partial charge in [-0.25, -0.2) is 15.0 Å². The highest BCUT2D eigenvalue weighted by Gasteiger charge is 2.31. The number of nitrogens with two attached hydrogens (primary N) is 1. The number of hydrogen-bond donors (Lipinski definition) is 1. The van der Waals surface area contributed by atoms with Crippen molar-refractivity contribution in [3.05, 3.63) is 94.9 Å². The molecule has 0 saturated heterocycles. The highest BCUT2D eigenvalue weighted by Crippen LogP contribution is 2.31. The standard InChI is InChI=1S/C25H19ClF3N7O/c1-14(23-31-7-3-8-32-23)36(13-16-6-5-15(12-33-16)25(27,28)29)24(37)17-10-21-19(11-18(17)26)34-22(30)20-4-2-9-35(20)21/h2-12,14H,13H2,1H3,(H2,30,34). The molecule has 0 spiro atoms. The van der Waals surface area contributed by atoms with Crippen molar-refractivity contribution < 1.29 is 18.0 Å². The summed E-state index contributed by atoms with van der Waals surface area (Å²) in [6.07, 6.45) is 1.09. The van der Waals surface area contributed by atoms with Crippen molar-refractivity contribution in [3.63, 3.8) is 0 Å². The van der Waals surface area contributed by atoms with E-state index in [1.807, 2.05) is 0 Å². The van der Waals surface area contributed by atoms with Crippen LogP contribution in [-0.2, 0) is 12.7 Å². The van der Waals surface area contributed by atoms with Gasteiger partial charge in [-0.1, -0.05) is 11.6 Å². The minimum Gasteiger partial charge on any atom is -0.382 e. The molecule has 1 amide bonds. The number of halogens is 4. The van der Waals surface area contributed by atoms with Gasteiger partial charge in [-0.15, -0.1) is 0 Å². The van der Waals surface area contributed by atoms with Crippen molar-refractivity contribution in [2.24, 2.45) is 0 Å². The van der Waals surface area contributed by atoms with Crippen LogP contribution in [0.3, 0.4) is 0 Å². The average molecular weight is 526 g/mol. The van der Waals surface area contributed by atoms with Crippen molar-refractivity contribution in [1.29, 1.82) is 0 Å². The fourth-order valence-electron chi connectivity index (χ4n) is 4.05. The number of aromatic nitrogens is 5. The van der Waals surface area contributed by atoms with Crippen molar-refractivity contribution in [1.82, 2.24) is 29.2 Å². The van der Waals surface area contributed by atoms with Gasteiger partial charge in [0.15, 0.2) is 0 Å². The number of fused-ring (bicyclic) bond motifs is 3. The largest absolute Gasteiger partial charge is 0.417 e. The minimum absolute atomic E-state index is 0.107. The molecule has 0 bridgehead atoms. The molecule has 0 aliphatic rings. The number of rotatable bonds is 5. The van der Waals surface area contributed by atoms with Gasteiger partial charge in [-0.3, -0.25) is 9.78 Å². The molecule has 0 aliphatic heterocycles. The van der Waals surface area contributed by atoms with Crippen molar-refractivity contribution in [3.8, 4) is 0 Å². The first-order chi connectivity index (χ1) is 17.6. The van der Waals surface area contributed by atoms with E-state index in [0.717, 1.165) is 12.3 Å². The Balaban J connectivity index is 1.58. The van der Waals surface area contributed by atoms with Crippen molar-refractivity contribution >= 4 is 39.9 Å². The van der Waals surface area contributed by atoms with Gasteiger partial charge in [0.25, 0.3) is 5.91 Å². The number of hydrogen-bond acceptors (Lipinski definition) is 6. The van der Waals surface area contributed by atoms with Gasteiger partial charge >= 0.3 is 6.18 Å². The highest BCUT2D eigenvalue weighted by atomic mass is 35.5. The van der Waals surface area contributed by atoms with Crippen LogP contribution in [0.15, 0.2) is 67.3 Å². The van der Waals surface area contributed by atoms with Crippen LogP contribution in [-0.4, -0.2) is 35.1 Å². The Kier molecular flexibility index (Phi) is 6.16. The van der Waals surface area contributed by atoms with E-state index < -0.39 is 23.7 Å². The summed E-state index contributed by atoms with van der Waals surface area (Å²) in [6.45, 7) is 1.61. The molecule has 8 nitrogen and oxygen atoms in total. The third kappa shape index (κ3) is 4.65. The monoisotopic (exact) mass is 525 g/mol. The second-order valence-electron chi connectivity index (χ2n) is 8.33. The molecule has 4 heterocycles. The molecule has 4 aromatic heterocycles. The van der Waals surface area contributed by atoms with Crippen LogP contribution in [0.1, 0.15) is 40.4 Å². The molecular weight excluding hydrogens is 507 g/mol. The summed E-state index contributed by atoms with van der Waals surface area (Å²) < 4.78 is 40.8. The van der Waals surface area contributed by atoms with Crippen LogP contribution in [0.25, 0.3) is 16.6 Å². The molecule has 1 aromatic carbocycles. The molecule has 0 fully saturated rings. The maximum Gasteiger partial charge on any atom is 0.417 e. The van der Waals surface area contributed by atoms with Gasteiger partial charge < -0.3 is 15.0 Å². The lowest BCUT2D eigenvalue weighted by Crippen LogP contribution is -2.34.